The fraction of sp³-hybridized carbons (Fsp3) is 0.471. The van der Waals surface area contributed by atoms with Gasteiger partial charge in [0.25, 0.3) is 0 Å². The van der Waals surface area contributed by atoms with E-state index in [1.54, 1.807) is 18.2 Å². The van der Waals surface area contributed by atoms with Crippen molar-refractivity contribution in [3.05, 3.63) is 29.8 Å². The number of hydrogen-bond donors (Lipinski definition) is 1. The maximum Gasteiger partial charge on any atom is 0.246 e. The molecule has 0 spiro atoms. The Morgan fingerprint density at radius 3 is 2.75 bits per heavy atom. The number of ether oxygens (including phenoxy) is 1. The molecule has 1 atom stereocenters. The lowest BCUT2D eigenvalue weighted by molar-refractivity contribution is -0.129. The average Bonchev–Trinajstić information content (AvgIpc) is 2.59. The number of amides is 1. The number of rotatable bonds is 5. The minimum Gasteiger partial charge on any atom is -0.495 e. The Morgan fingerprint density at radius 1 is 1.38 bits per heavy atom. The van der Waals surface area contributed by atoms with E-state index in [-0.39, 0.29) is 22.6 Å². The van der Waals surface area contributed by atoms with Gasteiger partial charge < -0.3 is 9.64 Å². The number of sulfonamides is 1. The normalized spacial score (nSPS) is 18.8. The van der Waals surface area contributed by atoms with Crippen LogP contribution in [0.15, 0.2) is 29.2 Å². The average molecular weight is 352 g/mol. The zero-order valence-corrected chi connectivity index (χ0v) is 15.1. The first-order chi connectivity index (χ1) is 11.4. The number of likely N-dealkylation sites (tertiary alicyclic amines) is 1. The van der Waals surface area contributed by atoms with Crippen LogP contribution in [-0.2, 0) is 14.8 Å². The van der Waals surface area contributed by atoms with Gasteiger partial charge in [-0.05, 0) is 57.0 Å². The number of benzene rings is 1. The molecule has 132 valence electrons. The van der Waals surface area contributed by atoms with Crippen LogP contribution in [0.4, 0.5) is 0 Å². The third-order valence-corrected chi connectivity index (χ3v) is 5.69. The van der Waals surface area contributed by atoms with Crippen molar-refractivity contribution >= 4 is 22.0 Å². The second kappa shape index (κ2) is 7.81. The van der Waals surface area contributed by atoms with E-state index in [9.17, 15) is 13.2 Å². The van der Waals surface area contributed by atoms with Gasteiger partial charge in [0.1, 0.15) is 10.6 Å². The summed E-state index contributed by atoms with van der Waals surface area (Å²) in [5.41, 5.74) is 0.627. The van der Waals surface area contributed by atoms with Gasteiger partial charge >= 0.3 is 0 Å². The zero-order valence-electron chi connectivity index (χ0n) is 14.3. The topological polar surface area (TPSA) is 75.7 Å². The number of carbonyl (C=O) groups is 1. The molecule has 1 aliphatic rings. The van der Waals surface area contributed by atoms with E-state index >= 15 is 0 Å². The third-order valence-electron chi connectivity index (χ3n) is 4.25. The molecule has 1 N–H and O–H groups in total. The largest absolute Gasteiger partial charge is 0.495 e. The van der Waals surface area contributed by atoms with Gasteiger partial charge in [-0.2, -0.15) is 0 Å². The summed E-state index contributed by atoms with van der Waals surface area (Å²) >= 11 is 0. The molecule has 0 unspecified atom stereocenters. The lowest BCUT2D eigenvalue weighted by Crippen LogP contribution is -2.41. The highest BCUT2D eigenvalue weighted by molar-refractivity contribution is 7.89. The first-order valence-corrected chi connectivity index (χ1v) is 9.47. The summed E-state index contributed by atoms with van der Waals surface area (Å²) in [7, 11) is -0.872. The lowest BCUT2D eigenvalue weighted by Gasteiger charge is -2.32. The third kappa shape index (κ3) is 4.15. The lowest BCUT2D eigenvalue weighted by atomic mass is 10.0. The summed E-state index contributed by atoms with van der Waals surface area (Å²) in [6, 6.07) is 5.04. The smallest absolute Gasteiger partial charge is 0.246 e. The Kier molecular flexibility index (Phi) is 6.01. The van der Waals surface area contributed by atoms with E-state index < -0.39 is 10.0 Å². The summed E-state index contributed by atoms with van der Waals surface area (Å²) in [5.74, 6) is 0.216. The predicted octanol–water partition coefficient (Wildman–Crippen LogP) is 2.02. The van der Waals surface area contributed by atoms with Gasteiger partial charge in [-0.25, -0.2) is 13.1 Å². The monoisotopic (exact) mass is 352 g/mol. The SMILES string of the molecule is CNS(=O)(=O)c1cc(/C=C\C(=O)N2CCCC[C@@H]2C)ccc1OC. The molecule has 1 fully saturated rings. The maximum absolute atomic E-state index is 12.3. The van der Waals surface area contributed by atoms with E-state index in [1.165, 1.54) is 26.3 Å². The fourth-order valence-corrected chi connectivity index (χ4v) is 3.73. The molecule has 0 bridgehead atoms. The van der Waals surface area contributed by atoms with Crippen LogP contribution in [0, 0.1) is 0 Å². The number of carbonyl (C=O) groups excluding carboxylic acids is 1. The minimum absolute atomic E-state index is 0.0453. The standard InChI is InChI=1S/C17H24N2O4S/c1-13-6-4-5-11-19(13)17(20)10-8-14-7-9-15(23-3)16(12-14)24(21,22)18-2/h7-10,12-13,18H,4-6,11H2,1-3H3/b10-8-/t13-/m0/s1. The molecule has 1 heterocycles. The molecule has 1 amide bonds. The van der Waals surface area contributed by atoms with Gasteiger partial charge in [0, 0.05) is 18.7 Å². The number of piperidine rings is 1. The van der Waals surface area contributed by atoms with Crippen LogP contribution in [0.2, 0.25) is 0 Å². The molecular formula is C17H24N2O4S. The highest BCUT2D eigenvalue weighted by Gasteiger charge is 2.21. The van der Waals surface area contributed by atoms with Gasteiger partial charge in [-0.3, -0.25) is 4.79 Å². The van der Waals surface area contributed by atoms with Crippen LogP contribution in [0.1, 0.15) is 31.7 Å². The molecule has 7 heteroatoms. The molecule has 2 rings (SSSR count). The second-order valence-corrected chi connectivity index (χ2v) is 7.68. The summed E-state index contributed by atoms with van der Waals surface area (Å²) < 4.78 is 31.5. The predicted molar refractivity (Wildman–Crippen MR) is 93.3 cm³/mol. The van der Waals surface area contributed by atoms with E-state index in [0.29, 0.717) is 5.56 Å². The molecule has 0 saturated carbocycles. The van der Waals surface area contributed by atoms with Crippen LogP contribution in [0.25, 0.3) is 6.08 Å². The van der Waals surface area contributed by atoms with Crippen LogP contribution in [-0.4, -0.2) is 46.0 Å². The maximum atomic E-state index is 12.3. The van der Waals surface area contributed by atoms with Crippen molar-refractivity contribution in [3.8, 4) is 5.75 Å². The van der Waals surface area contributed by atoms with Gasteiger partial charge in [0.2, 0.25) is 15.9 Å². The summed E-state index contributed by atoms with van der Waals surface area (Å²) in [6.45, 7) is 2.82. The van der Waals surface area contributed by atoms with Crippen molar-refractivity contribution in [1.82, 2.24) is 9.62 Å². The Bertz CT molecular complexity index is 728. The molecule has 1 aromatic rings. The van der Waals surface area contributed by atoms with Crippen molar-refractivity contribution < 1.29 is 17.9 Å². The van der Waals surface area contributed by atoms with Crippen LogP contribution in [0.5, 0.6) is 5.75 Å². The fourth-order valence-electron chi connectivity index (χ4n) is 2.81. The molecule has 24 heavy (non-hydrogen) atoms. The van der Waals surface area contributed by atoms with Crippen LogP contribution < -0.4 is 9.46 Å². The highest BCUT2D eigenvalue weighted by atomic mass is 32.2. The Hall–Kier alpha value is -1.86. The summed E-state index contributed by atoms with van der Waals surface area (Å²) in [4.78, 5) is 14.2. The van der Waals surface area contributed by atoms with Gasteiger partial charge in [0.15, 0.2) is 0 Å². The first kappa shape index (κ1) is 18.5. The molecule has 1 aromatic carbocycles. The zero-order chi connectivity index (χ0) is 17.7. The van der Waals surface area contributed by atoms with Gasteiger partial charge in [-0.1, -0.05) is 6.07 Å². The van der Waals surface area contributed by atoms with Crippen molar-refractivity contribution in [1.29, 1.82) is 0 Å². The van der Waals surface area contributed by atoms with Crippen molar-refractivity contribution in [2.75, 3.05) is 20.7 Å². The van der Waals surface area contributed by atoms with Gasteiger partial charge in [-0.15, -0.1) is 0 Å². The Labute approximate surface area is 143 Å². The van der Waals surface area contributed by atoms with Gasteiger partial charge in [0.05, 0.1) is 7.11 Å². The number of methoxy groups -OCH3 is 1. The van der Waals surface area contributed by atoms with Crippen LogP contribution >= 0.6 is 0 Å². The van der Waals surface area contributed by atoms with Crippen molar-refractivity contribution in [3.63, 3.8) is 0 Å². The molecular weight excluding hydrogens is 328 g/mol. The van der Waals surface area contributed by atoms with Crippen molar-refractivity contribution in [2.24, 2.45) is 0 Å². The molecule has 6 nitrogen and oxygen atoms in total. The highest BCUT2D eigenvalue weighted by Crippen LogP contribution is 2.25. The summed E-state index contributed by atoms with van der Waals surface area (Å²) in [6.07, 6.45) is 6.33. The van der Waals surface area contributed by atoms with Crippen molar-refractivity contribution in [2.45, 2.75) is 37.1 Å². The number of nitrogens with one attached hydrogen (secondary N) is 1. The quantitative estimate of drug-likeness (QED) is 0.823. The van der Waals surface area contributed by atoms with Crippen LogP contribution in [0.3, 0.4) is 0 Å². The van der Waals surface area contributed by atoms with E-state index in [4.69, 9.17) is 4.74 Å². The molecule has 0 aliphatic carbocycles. The molecule has 0 aromatic heterocycles. The number of hydrogen-bond acceptors (Lipinski definition) is 4. The first-order valence-electron chi connectivity index (χ1n) is 7.99. The number of nitrogens with zero attached hydrogens (tertiary/aromatic N) is 1. The van der Waals surface area contributed by atoms with E-state index in [2.05, 4.69) is 11.6 Å². The Morgan fingerprint density at radius 2 is 2.12 bits per heavy atom. The Balaban J connectivity index is 2.23. The molecule has 1 aliphatic heterocycles. The van der Waals surface area contributed by atoms with E-state index in [1.807, 2.05) is 4.90 Å². The second-order valence-electron chi connectivity index (χ2n) is 5.83. The minimum atomic E-state index is -3.64. The molecule has 0 radical (unpaired) electrons. The molecule has 1 saturated heterocycles. The summed E-state index contributed by atoms with van der Waals surface area (Å²) in [5, 5.41) is 0. The van der Waals surface area contributed by atoms with E-state index in [0.717, 1.165) is 25.8 Å².